The SMILES string of the molecule is CN(C)C(=S)c1sc(-c2ccccc2)cc1N. The van der Waals surface area contributed by atoms with Crippen LogP contribution in [0.1, 0.15) is 4.88 Å². The summed E-state index contributed by atoms with van der Waals surface area (Å²) >= 11 is 6.99. The van der Waals surface area contributed by atoms with Gasteiger partial charge in [0, 0.05) is 19.0 Å². The third kappa shape index (κ3) is 2.48. The Hall–Kier alpha value is -1.39. The second-order valence-electron chi connectivity index (χ2n) is 3.96. The molecule has 1 heterocycles. The van der Waals surface area contributed by atoms with E-state index in [2.05, 4.69) is 12.1 Å². The Morgan fingerprint density at radius 1 is 1.24 bits per heavy atom. The number of thiocarbonyl (C=S) groups is 1. The Morgan fingerprint density at radius 2 is 1.88 bits per heavy atom. The minimum absolute atomic E-state index is 0.757. The van der Waals surface area contributed by atoms with Crippen LogP contribution in [0.2, 0.25) is 0 Å². The molecule has 1 aromatic carbocycles. The van der Waals surface area contributed by atoms with E-state index in [1.54, 1.807) is 11.3 Å². The molecule has 0 saturated carbocycles. The second-order valence-corrected chi connectivity index (χ2v) is 5.40. The molecule has 0 aliphatic heterocycles. The van der Waals surface area contributed by atoms with Gasteiger partial charge in [0.2, 0.25) is 0 Å². The number of thiophene rings is 1. The van der Waals surface area contributed by atoms with E-state index in [0.29, 0.717) is 0 Å². The highest BCUT2D eigenvalue weighted by molar-refractivity contribution is 7.81. The molecule has 88 valence electrons. The summed E-state index contributed by atoms with van der Waals surface area (Å²) < 4.78 is 0. The fourth-order valence-electron chi connectivity index (χ4n) is 1.52. The van der Waals surface area contributed by atoms with Crippen LogP contribution in [0.25, 0.3) is 10.4 Å². The predicted molar refractivity (Wildman–Crippen MR) is 79.6 cm³/mol. The van der Waals surface area contributed by atoms with Crippen molar-refractivity contribution in [3.8, 4) is 10.4 Å². The van der Waals surface area contributed by atoms with Gasteiger partial charge in [-0.1, -0.05) is 42.5 Å². The van der Waals surface area contributed by atoms with Crippen LogP contribution in [0.4, 0.5) is 5.69 Å². The van der Waals surface area contributed by atoms with Crippen LogP contribution >= 0.6 is 23.6 Å². The number of nitrogens with two attached hydrogens (primary N) is 1. The summed E-state index contributed by atoms with van der Waals surface area (Å²) in [6.07, 6.45) is 0. The molecule has 0 fully saturated rings. The standard InChI is InChI=1S/C13H14N2S2/c1-15(2)13(16)12-10(14)8-11(17-12)9-6-4-3-5-7-9/h3-8H,14H2,1-2H3. The first-order valence-electron chi connectivity index (χ1n) is 5.26. The smallest absolute Gasteiger partial charge is 0.120 e. The minimum atomic E-state index is 0.757. The fraction of sp³-hybridized carbons (Fsp3) is 0.154. The van der Waals surface area contributed by atoms with Gasteiger partial charge >= 0.3 is 0 Å². The van der Waals surface area contributed by atoms with E-state index in [9.17, 15) is 0 Å². The first kappa shape index (κ1) is 12.1. The van der Waals surface area contributed by atoms with Crippen LogP contribution in [0, 0.1) is 0 Å². The average molecular weight is 262 g/mol. The van der Waals surface area contributed by atoms with Crippen molar-refractivity contribution in [2.24, 2.45) is 0 Å². The van der Waals surface area contributed by atoms with Gasteiger partial charge in [-0.15, -0.1) is 11.3 Å². The number of benzene rings is 1. The van der Waals surface area contributed by atoms with Gasteiger partial charge in [-0.2, -0.15) is 0 Å². The molecule has 0 amide bonds. The quantitative estimate of drug-likeness (QED) is 0.843. The number of hydrogen-bond donors (Lipinski definition) is 1. The van der Waals surface area contributed by atoms with Crippen molar-refractivity contribution in [3.05, 3.63) is 41.3 Å². The van der Waals surface area contributed by atoms with Gasteiger partial charge in [-0.3, -0.25) is 0 Å². The fourth-order valence-corrected chi connectivity index (χ4v) is 2.87. The van der Waals surface area contributed by atoms with Crippen molar-refractivity contribution in [2.45, 2.75) is 0 Å². The Balaban J connectivity index is 2.41. The van der Waals surface area contributed by atoms with Gasteiger partial charge in [0.25, 0.3) is 0 Å². The van der Waals surface area contributed by atoms with Crippen molar-refractivity contribution in [2.75, 3.05) is 19.8 Å². The second kappa shape index (κ2) is 4.85. The van der Waals surface area contributed by atoms with E-state index in [1.165, 1.54) is 5.56 Å². The highest BCUT2D eigenvalue weighted by Crippen LogP contribution is 2.33. The van der Waals surface area contributed by atoms with Crippen LogP contribution in [0.3, 0.4) is 0 Å². The Labute approximate surface area is 111 Å². The molecular formula is C13H14N2S2. The minimum Gasteiger partial charge on any atom is -0.397 e. The van der Waals surface area contributed by atoms with Crippen molar-refractivity contribution >= 4 is 34.2 Å². The molecular weight excluding hydrogens is 248 g/mol. The molecule has 0 unspecified atom stereocenters. The lowest BCUT2D eigenvalue weighted by molar-refractivity contribution is 0.638. The predicted octanol–water partition coefficient (Wildman–Crippen LogP) is 3.23. The summed E-state index contributed by atoms with van der Waals surface area (Å²) in [6, 6.07) is 12.2. The number of anilines is 1. The Bertz CT molecular complexity index is 530. The summed E-state index contributed by atoms with van der Waals surface area (Å²) in [6.45, 7) is 0. The lowest BCUT2D eigenvalue weighted by Crippen LogP contribution is -2.20. The largest absolute Gasteiger partial charge is 0.397 e. The zero-order valence-corrected chi connectivity index (χ0v) is 11.4. The molecule has 1 aromatic heterocycles. The summed E-state index contributed by atoms with van der Waals surface area (Å²) in [5, 5.41) is 0. The van der Waals surface area contributed by atoms with Crippen LogP contribution in [-0.2, 0) is 0 Å². The molecule has 2 aromatic rings. The van der Waals surface area contributed by atoms with Gasteiger partial charge in [0.1, 0.15) is 4.99 Å². The van der Waals surface area contributed by atoms with Gasteiger partial charge in [0.05, 0.1) is 10.6 Å². The first-order valence-corrected chi connectivity index (χ1v) is 6.48. The van der Waals surface area contributed by atoms with E-state index in [0.717, 1.165) is 20.4 Å². The zero-order chi connectivity index (χ0) is 12.4. The summed E-state index contributed by atoms with van der Waals surface area (Å²) in [5.74, 6) is 0. The van der Waals surface area contributed by atoms with Gasteiger partial charge in [-0.25, -0.2) is 0 Å². The highest BCUT2D eigenvalue weighted by atomic mass is 32.1. The molecule has 2 N–H and O–H groups in total. The molecule has 0 aliphatic carbocycles. The molecule has 17 heavy (non-hydrogen) atoms. The third-order valence-corrected chi connectivity index (χ3v) is 4.32. The van der Waals surface area contributed by atoms with Crippen molar-refractivity contribution in [1.29, 1.82) is 0 Å². The maximum absolute atomic E-state index is 6.01. The molecule has 0 aliphatic rings. The summed E-state index contributed by atoms with van der Waals surface area (Å²) in [5.41, 5.74) is 7.95. The van der Waals surface area contributed by atoms with Crippen molar-refractivity contribution in [3.63, 3.8) is 0 Å². The number of nitrogens with zero attached hydrogens (tertiary/aromatic N) is 1. The molecule has 2 rings (SSSR count). The van der Waals surface area contributed by atoms with Crippen LogP contribution in [0.5, 0.6) is 0 Å². The Morgan fingerprint density at radius 3 is 2.47 bits per heavy atom. The molecule has 2 nitrogen and oxygen atoms in total. The highest BCUT2D eigenvalue weighted by Gasteiger charge is 2.13. The van der Waals surface area contributed by atoms with Gasteiger partial charge < -0.3 is 10.6 Å². The molecule has 0 saturated heterocycles. The molecule has 0 spiro atoms. The molecule has 0 bridgehead atoms. The van der Waals surface area contributed by atoms with E-state index in [1.807, 2.05) is 43.3 Å². The normalized spacial score (nSPS) is 10.2. The lowest BCUT2D eigenvalue weighted by atomic mass is 10.2. The van der Waals surface area contributed by atoms with E-state index in [-0.39, 0.29) is 0 Å². The molecule has 0 radical (unpaired) electrons. The average Bonchev–Trinajstić information content (AvgIpc) is 2.71. The van der Waals surface area contributed by atoms with Gasteiger partial charge in [0.15, 0.2) is 0 Å². The monoisotopic (exact) mass is 262 g/mol. The lowest BCUT2D eigenvalue weighted by Gasteiger charge is -2.12. The van der Waals surface area contributed by atoms with Crippen LogP contribution < -0.4 is 5.73 Å². The molecule has 0 atom stereocenters. The number of hydrogen-bond acceptors (Lipinski definition) is 3. The Kier molecular flexibility index (Phi) is 3.45. The van der Waals surface area contributed by atoms with Gasteiger partial charge in [-0.05, 0) is 11.6 Å². The van der Waals surface area contributed by atoms with Crippen molar-refractivity contribution < 1.29 is 0 Å². The maximum Gasteiger partial charge on any atom is 0.120 e. The molecule has 4 heteroatoms. The third-order valence-electron chi connectivity index (χ3n) is 2.42. The first-order chi connectivity index (χ1) is 8.09. The van der Waals surface area contributed by atoms with E-state index >= 15 is 0 Å². The number of nitrogen functional groups attached to an aromatic ring is 1. The van der Waals surface area contributed by atoms with Crippen LogP contribution in [-0.4, -0.2) is 24.0 Å². The summed E-state index contributed by atoms with van der Waals surface area (Å²) in [7, 11) is 3.87. The summed E-state index contributed by atoms with van der Waals surface area (Å²) in [4.78, 5) is 4.83. The number of rotatable bonds is 2. The zero-order valence-electron chi connectivity index (χ0n) is 9.81. The van der Waals surface area contributed by atoms with Crippen molar-refractivity contribution in [1.82, 2.24) is 4.90 Å². The van der Waals surface area contributed by atoms with E-state index < -0.39 is 0 Å². The van der Waals surface area contributed by atoms with E-state index in [4.69, 9.17) is 18.0 Å². The van der Waals surface area contributed by atoms with Crippen LogP contribution in [0.15, 0.2) is 36.4 Å². The topological polar surface area (TPSA) is 29.3 Å². The maximum atomic E-state index is 6.01.